The summed E-state index contributed by atoms with van der Waals surface area (Å²) in [6.07, 6.45) is -3.31. The molecule has 3 nitrogen and oxygen atoms in total. The van der Waals surface area contributed by atoms with Gasteiger partial charge in [0.05, 0.1) is 5.52 Å². The molecule has 0 aromatic carbocycles. The Morgan fingerprint density at radius 1 is 1.44 bits per heavy atom. The van der Waals surface area contributed by atoms with Crippen LogP contribution in [0.3, 0.4) is 0 Å². The number of hydrogen-bond donors (Lipinski definition) is 1. The Labute approximate surface area is 107 Å². The normalized spacial score (nSPS) is 12.2. The number of nitrogens with zero attached hydrogens (tertiary/aromatic N) is 2. The van der Waals surface area contributed by atoms with Crippen LogP contribution in [-0.4, -0.2) is 20.7 Å². The molecule has 0 bridgehead atoms. The van der Waals surface area contributed by atoms with Crippen molar-refractivity contribution in [1.82, 2.24) is 14.5 Å². The van der Waals surface area contributed by atoms with E-state index in [0.717, 1.165) is 11.1 Å². The zero-order valence-electron chi connectivity index (χ0n) is 9.71. The van der Waals surface area contributed by atoms with E-state index in [9.17, 15) is 13.2 Å². The summed E-state index contributed by atoms with van der Waals surface area (Å²) in [5.41, 5.74) is 2.37. The van der Waals surface area contributed by atoms with Gasteiger partial charge in [0.25, 0.3) is 0 Å². The lowest BCUT2D eigenvalue weighted by Gasteiger charge is -2.07. The van der Waals surface area contributed by atoms with Crippen LogP contribution in [-0.2, 0) is 6.54 Å². The number of nitrogens with one attached hydrogen (secondary N) is 1. The molecule has 0 atom stereocenters. The van der Waals surface area contributed by atoms with Crippen molar-refractivity contribution >= 4 is 23.4 Å². The fourth-order valence-corrected chi connectivity index (χ4v) is 2.10. The molecule has 0 aliphatic rings. The second kappa shape index (κ2) is 4.72. The summed E-state index contributed by atoms with van der Waals surface area (Å²) in [5, 5.41) is 0. The molecule has 7 heteroatoms. The first-order valence-electron chi connectivity index (χ1n) is 5.49. The van der Waals surface area contributed by atoms with Crippen LogP contribution in [0.5, 0.6) is 0 Å². The molecule has 0 amide bonds. The lowest BCUT2D eigenvalue weighted by Crippen LogP contribution is -2.09. The van der Waals surface area contributed by atoms with Gasteiger partial charge in [-0.25, -0.2) is 4.98 Å². The summed E-state index contributed by atoms with van der Waals surface area (Å²) in [4.78, 5) is 7.14. The topological polar surface area (TPSA) is 33.6 Å². The highest BCUT2D eigenvalue weighted by Gasteiger charge is 2.26. The molecule has 0 saturated heterocycles. The van der Waals surface area contributed by atoms with E-state index in [4.69, 9.17) is 12.2 Å². The average molecular weight is 275 g/mol. The van der Waals surface area contributed by atoms with Crippen LogP contribution in [0.1, 0.15) is 18.4 Å². The minimum Gasteiger partial charge on any atom is -0.329 e. The van der Waals surface area contributed by atoms with Crippen LogP contribution in [0.25, 0.3) is 11.2 Å². The Hall–Kier alpha value is -1.37. The monoisotopic (exact) mass is 275 g/mol. The Morgan fingerprint density at radius 2 is 2.17 bits per heavy atom. The van der Waals surface area contributed by atoms with Gasteiger partial charge in [0.1, 0.15) is 0 Å². The number of aromatic amines is 1. The Bertz CT molecular complexity index is 612. The van der Waals surface area contributed by atoms with Crippen LogP contribution in [0.2, 0.25) is 0 Å². The highest BCUT2D eigenvalue weighted by atomic mass is 32.1. The maximum absolute atomic E-state index is 12.1. The number of hydrogen-bond acceptors (Lipinski definition) is 2. The first-order valence-corrected chi connectivity index (χ1v) is 5.90. The van der Waals surface area contributed by atoms with Crippen molar-refractivity contribution in [1.29, 1.82) is 0 Å². The fourth-order valence-electron chi connectivity index (χ4n) is 1.82. The van der Waals surface area contributed by atoms with Crippen LogP contribution >= 0.6 is 12.2 Å². The summed E-state index contributed by atoms with van der Waals surface area (Å²) in [5.74, 6) is 0. The van der Waals surface area contributed by atoms with E-state index < -0.39 is 12.6 Å². The number of pyridine rings is 1. The standard InChI is InChI=1S/C11H12F3N3S/c1-7-3-5-15-9-8(7)16-10(18)17(9)6-2-4-11(12,13)14/h3,5H,2,4,6H2,1H3,(H,16,18). The predicted octanol–water partition coefficient (Wildman–Crippen LogP) is 3.74. The Balaban J connectivity index is 2.26. The van der Waals surface area contributed by atoms with Crippen molar-refractivity contribution in [2.24, 2.45) is 0 Å². The van der Waals surface area contributed by atoms with E-state index >= 15 is 0 Å². The third-order valence-corrected chi connectivity index (χ3v) is 3.04. The molecule has 0 unspecified atom stereocenters. The summed E-state index contributed by atoms with van der Waals surface area (Å²) < 4.78 is 38.3. The molecule has 0 aliphatic heterocycles. The van der Waals surface area contributed by atoms with Crippen molar-refractivity contribution in [3.8, 4) is 0 Å². The van der Waals surface area contributed by atoms with Crippen LogP contribution in [0, 0.1) is 11.7 Å². The molecule has 2 aromatic rings. The fraction of sp³-hybridized carbons (Fsp3) is 0.455. The smallest absolute Gasteiger partial charge is 0.329 e. The molecule has 0 spiro atoms. The van der Waals surface area contributed by atoms with E-state index in [2.05, 4.69) is 9.97 Å². The summed E-state index contributed by atoms with van der Waals surface area (Å²) >= 11 is 5.11. The van der Waals surface area contributed by atoms with Crippen molar-refractivity contribution in [2.75, 3.05) is 0 Å². The number of fused-ring (bicyclic) bond motifs is 1. The number of halogens is 3. The number of imidazole rings is 1. The number of aromatic nitrogens is 3. The molecule has 18 heavy (non-hydrogen) atoms. The molecule has 0 saturated carbocycles. The maximum atomic E-state index is 12.1. The van der Waals surface area contributed by atoms with E-state index in [1.807, 2.05) is 13.0 Å². The second-order valence-corrected chi connectivity index (χ2v) is 4.51. The third-order valence-electron chi connectivity index (χ3n) is 2.71. The molecule has 2 heterocycles. The van der Waals surface area contributed by atoms with Gasteiger partial charge in [0.15, 0.2) is 10.4 Å². The SMILES string of the molecule is Cc1ccnc2c1[nH]c(=S)n2CCCC(F)(F)F. The van der Waals surface area contributed by atoms with Gasteiger partial charge in [-0.15, -0.1) is 0 Å². The average Bonchev–Trinajstić information content (AvgIpc) is 2.56. The molecule has 1 N–H and O–H groups in total. The molecule has 0 aliphatic carbocycles. The molecule has 98 valence electrons. The zero-order chi connectivity index (χ0) is 13.3. The van der Waals surface area contributed by atoms with Crippen LogP contribution in [0.4, 0.5) is 13.2 Å². The summed E-state index contributed by atoms with van der Waals surface area (Å²) in [7, 11) is 0. The summed E-state index contributed by atoms with van der Waals surface area (Å²) in [6, 6.07) is 1.83. The maximum Gasteiger partial charge on any atom is 0.389 e. The van der Waals surface area contributed by atoms with Gasteiger partial charge in [0.2, 0.25) is 0 Å². The molecule has 0 fully saturated rings. The molecular formula is C11H12F3N3S. The number of alkyl halides is 3. The lowest BCUT2D eigenvalue weighted by atomic mass is 10.2. The zero-order valence-corrected chi connectivity index (χ0v) is 10.5. The van der Waals surface area contributed by atoms with Crippen LogP contribution < -0.4 is 0 Å². The highest BCUT2D eigenvalue weighted by Crippen LogP contribution is 2.23. The summed E-state index contributed by atoms with van der Waals surface area (Å²) in [6.45, 7) is 2.12. The van der Waals surface area contributed by atoms with Crippen molar-refractivity contribution in [3.63, 3.8) is 0 Å². The van der Waals surface area contributed by atoms with Crippen molar-refractivity contribution < 1.29 is 13.2 Å². The van der Waals surface area contributed by atoms with Gasteiger partial charge in [-0.05, 0) is 37.2 Å². The van der Waals surface area contributed by atoms with E-state index in [1.165, 1.54) is 0 Å². The van der Waals surface area contributed by atoms with E-state index in [0.29, 0.717) is 10.4 Å². The van der Waals surface area contributed by atoms with Crippen LogP contribution in [0.15, 0.2) is 12.3 Å². The van der Waals surface area contributed by atoms with Gasteiger partial charge >= 0.3 is 6.18 Å². The van der Waals surface area contributed by atoms with Gasteiger partial charge in [0, 0.05) is 19.2 Å². The third kappa shape index (κ3) is 2.72. The van der Waals surface area contributed by atoms with E-state index in [-0.39, 0.29) is 13.0 Å². The van der Waals surface area contributed by atoms with Gasteiger partial charge in [-0.2, -0.15) is 13.2 Å². The second-order valence-electron chi connectivity index (χ2n) is 4.13. The Morgan fingerprint density at radius 3 is 2.83 bits per heavy atom. The highest BCUT2D eigenvalue weighted by molar-refractivity contribution is 7.71. The van der Waals surface area contributed by atoms with Gasteiger partial charge in [-0.3, -0.25) is 0 Å². The quantitative estimate of drug-likeness (QED) is 0.866. The number of H-pyrrole nitrogens is 1. The van der Waals surface area contributed by atoms with Gasteiger partial charge < -0.3 is 9.55 Å². The number of aryl methyl sites for hydroxylation is 2. The first-order chi connectivity index (χ1) is 8.38. The first kappa shape index (κ1) is 13.1. The molecule has 2 aromatic heterocycles. The lowest BCUT2D eigenvalue weighted by molar-refractivity contribution is -0.135. The van der Waals surface area contributed by atoms with Gasteiger partial charge in [-0.1, -0.05) is 0 Å². The molecular weight excluding hydrogens is 263 g/mol. The van der Waals surface area contributed by atoms with Crippen molar-refractivity contribution in [2.45, 2.75) is 32.5 Å². The van der Waals surface area contributed by atoms with Crippen molar-refractivity contribution in [3.05, 3.63) is 22.6 Å². The van der Waals surface area contributed by atoms with E-state index in [1.54, 1.807) is 10.8 Å². The predicted molar refractivity (Wildman–Crippen MR) is 64.9 cm³/mol. The Kier molecular flexibility index (Phi) is 3.43. The minimum atomic E-state index is -4.13. The largest absolute Gasteiger partial charge is 0.389 e. The molecule has 0 radical (unpaired) electrons. The minimum absolute atomic E-state index is 0.000379. The molecule has 2 rings (SSSR count). The number of rotatable bonds is 3.